The third-order valence-corrected chi connectivity index (χ3v) is 5.75. The topological polar surface area (TPSA) is 37.3 Å². The van der Waals surface area contributed by atoms with Crippen molar-refractivity contribution in [3.8, 4) is 0 Å². The minimum atomic E-state index is -1.13. The SMILES string of the molecule is O=S(CC1(O)CCCCC1)c1ccc2ccccc2c1. The molecule has 1 saturated carbocycles. The van der Waals surface area contributed by atoms with E-state index in [-0.39, 0.29) is 0 Å². The second kappa shape index (κ2) is 5.66. The molecule has 0 bridgehead atoms. The Bertz CT molecular complexity index is 630. The normalized spacial score (nSPS) is 19.9. The average molecular weight is 288 g/mol. The molecule has 1 aliphatic rings. The Hall–Kier alpha value is -1.19. The van der Waals surface area contributed by atoms with Gasteiger partial charge < -0.3 is 5.11 Å². The number of hydrogen-bond donors (Lipinski definition) is 1. The highest BCUT2D eigenvalue weighted by Crippen LogP contribution is 2.30. The van der Waals surface area contributed by atoms with Gasteiger partial charge in [0.25, 0.3) is 0 Å². The van der Waals surface area contributed by atoms with Crippen molar-refractivity contribution < 1.29 is 9.32 Å². The van der Waals surface area contributed by atoms with Crippen molar-refractivity contribution >= 4 is 21.6 Å². The summed E-state index contributed by atoms with van der Waals surface area (Å²) in [5.41, 5.74) is -0.727. The standard InChI is InChI=1S/C17H20O2S/c18-17(10-4-1-5-11-17)13-20(19)16-9-8-14-6-2-3-7-15(14)12-16/h2-3,6-9,12,18H,1,4-5,10-11,13H2. The van der Waals surface area contributed by atoms with Gasteiger partial charge in [-0.05, 0) is 35.7 Å². The Balaban J connectivity index is 1.81. The molecule has 0 saturated heterocycles. The lowest BCUT2D eigenvalue weighted by Crippen LogP contribution is -2.37. The van der Waals surface area contributed by atoms with Gasteiger partial charge in [-0.2, -0.15) is 0 Å². The monoisotopic (exact) mass is 288 g/mol. The van der Waals surface area contributed by atoms with Crippen LogP contribution in [0.3, 0.4) is 0 Å². The van der Waals surface area contributed by atoms with Crippen LogP contribution in [0.5, 0.6) is 0 Å². The van der Waals surface area contributed by atoms with Crippen LogP contribution in [-0.2, 0) is 10.8 Å². The number of hydrogen-bond acceptors (Lipinski definition) is 2. The van der Waals surface area contributed by atoms with E-state index in [4.69, 9.17) is 0 Å². The summed E-state index contributed by atoms with van der Waals surface area (Å²) in [5, 5.41) is 12.8. The molecule has 0 amide bonds. The molecule has 0 aromatic heterocycles. The average Bonchev–Trinajstić information content (AvgIpc) is 2.47. The van der Waals surface area contributed by atoms with Crippen LogP contribution in [0.15, 0.2) is 47.4 Å². The Kier molecular flexibility index (Phi) is 3.90. The van der Waals surface area contributed by atoms with Crippen LogP contribution in [0.1, 0.15) is 32.1 Å². The van der Waals surface area contributed by atoms with E-state index in [2.05, 4.69) is 6.07 Å². The first kappa shape index (κ1) is 13.8. The Morgan fingerprint density at radius 1 is 1.00 bits per heavy atom. The molecular formula is C17H20O2S. The second-order valence-corrected chi connectivity index (χ2v) is 7.23. The Morgan fingerprint density at radius 2 is 1.70 bits per heavy atom. The molecule has 1 atom stereocenters. The van der Waals surface area contributed by atoms with Crippen molar-refractivity contribution in [2.45, 2.75) is 42.6 Å². The summed E-state index contributed by atoms with van der Waals surface area (Å²) in [6.07, 6.45) is 4.85. The third-order valence-electron chi connectivity index (χ3n) is 4.17. The molecule has 3 heteroatoms. The highest BCUT2D eigenvalue weighted by Gasteiger charge is 2.31. The molecule has 0 spiro atoms. The van der Waals surface area contributed by atoms with Gasteiger partial charge in [0, 0.05) is 4.90 Å². The van der Waals surface area contributed by atoms with E-state index >= 15 is 0 Å². The minimum absolute atomic E-state index is 0.366. The summed E-state index contributed by atoms with van der Waals surface area (Å²) < 4.78 is 12.5. The van der Waals surface area contributed by atoms with Crippen molar-refractivity contribution in [1.82, 2.24) is 0 Å². The molecule has 1 aliphatic carbocycles. The molecule has 0 radical (unpaired) electrons. The van der Waals surface area contributed by atoms with Gasteiger partial charge in [-0.25, -0.2) is 0 Å². The predicted molar refractivity (Wildman–Crippen MR) is 83.3 cm³/mol. The zero-order valence-corrected chi connectivity index (χ0v) is 12.4. The number of aliphatic hydroxyl groups is 1. The van der Waals surface area contributed by atoms with Gasteiger partial charge in [-0.15, -0.1) is 0 Å². The van der Waals surface area contributed by atoms with Crippen LogP contribution < -0.4 is 0 Å². The molecule has 1 fully saturated rings. The van der Waals surface area contributed by atoms with Crippen molar-refractivity contribution in [2.75, 3.05) is 5.75 Å². The molecule has 2 aromatic carbocycles. The van der Waals surface area contributed by atoms with Crippen LogP contribution >= 0.6 is 0 Å². The fourth-order valence-electron chi connectivity index (χ4n) is 2.99. The lowest BCUT2D eigenvalue weighted by molar-refractivity contribution is 0.0265. The van der Waals surface area contributed by atoms with Crippen LogP contribution in [-0.4, -0.2) is 20.7 Å². The zero-order chi connectivity index (χ0) is 14.0. The first-order valence-corrected chi connectivity index (χ1v) is 8.58. The molecule has 0 aliphatic heterocycles. The van der Waals surface area contributed by atoms with Gasteiger partial charge in [0.05, 0.1) is 22.2 Å². The summed E-state index contributed by atoms with van der Waals surface area (Å²) >= 11 is 0. The van der Waals surface area contributed by atoms with Crippen molar-refractivity contribution in [3.05, 3.63) is 42.5 Å². The van der Waals surface area contributed by atoms with Gasteiger partial charge in [-0.3, -0.25) is 4.21 Å². The maximum Gasteiger partial charge on any atom is 0.0766 e. The maximum atomic E-state index is 12.5. The lowest BCUT2D eigenvalue weighted by Gasteiger charge is -2.31. The van der Waals surface area contributed by atoms with Crippen molar-refractivity contribution in [3.63, 3.8) is 0 Å². The first-order chi connectivity index (χ1) is 9.66. The minimum Gasteiger partial charge on any atom is -0.389 e. The predicted octanol–water partition coefficient (Wildman–Crippen LogP) is 3.64. The molecule has 106 valence electrons. The summed E-state index contributed by atoms with van der Waals surface area (Å²) in [5.74, 6) is 0.366. The molecule has 0 heterocycles. The van der Waals surface area contributed by atoms with E-state index in [0.717, 1.165) is 41.4 Å². The van der Waals surface area contributed by atoms with Crippen LogP contribution in [0.25, 0.3) is 10.8 Å². The molecular weight excluding hydrogens is 268 g/mol. The third kappa shape index (κ3) is 2.94. The molecule has 2 aromatic rings. The van der Waals surface area contributed by atoms with E-state index in [1.165, 1.54) is 6.42 Å². The number of rotatable bonds is 3. The van der Waals surface area contributed by atoms with E-state index in [1.807, 2.05) is 36.4 Å². The highest BCUT2D eigenvalue weighted by molar-refractivity contribution is 7.85. The fraction of sp³-hybridized carbons (Fsp3) is 0.412. The Morgan fingerprint density at radius 3 is 2.45 bits per heavy atom. The van der Waals surface area contributed by atoms with Crippen LogP contribution in [0.4, 0.5) is 0 Å². The Labute approximate surface area is 122 Å². The largest absolute Gasteiger partial charge is 0.389 e. The van der Waals surface area contributed by atoms with Crippen molar-refractivity contribution in [1.29, 1.82) is 0 Å². The number of fused-ring (bicyclic) bond motifs is 1. The van der Waals surface area contributed by atoms with Crippen LogP contribution in [0, 0.1) is 0 Å². The highest BCUT2D eigenvalue weighted by atomic mass is 32.2. The van der Waals surface area contributed by atoms with E-state index < -0.39 is 16.4 Å². The van der Waals surface area contributed by atoms with E-state index in [1.54, 1.807) is 0 Å². The van der Waals surface area contributed by atoms with E-state index in [9.17, 15) is 9.32 Å². The molecule has 2 nitrogen and oxygen atoms in total. The second-order valence-electron chi connectivity index (χ2n) is 5.78. The van der Waals surface area contributed by atoms with Gasteiger partial charge in [0.15, 0.2) is 0 Å². The summed E-state index contributed by atoms with van der Waals surface area (Å²) in [7, 11) is -1.13. The zero-order valence-electron chi connectivity index (χ0n) is 11.5. The molecule has 20 heavy (non-hydrogen) atoms. The summed E-state index contributed by atoms with van der Waals surface area (Å²) in [6.45, 7) is 0. The molecule has 3 rings (SSSR count). The first-order valence-electron chi connectivity index (χ1n) is 7.26. The smallest absolute Gasteiger partial charge is 0.0766 e. The summed E-state index contributed by atoms with van der Waals surface area (Å²) in [6, 6.07) is 14.0. The number of benzene rings is 2. The van der Waals surface area contributed by atoms with Gasteiger partial charge in [0.1, 0.15) is 0 Å². The van der Waals surface area contributed by atoms with E-state index in [0.29, 0.717) is 5.75 Å². The molecule has 1 N–H and O–H groups in total. The fourth-order valence-corrected chi connectivity index (χ4v) is 4.41. The quantitative estimate of drug-likeness (QED) is 0.936. The summed E-state index contributed by atoms with van der Waals surface area (Å²) in [4.78, 5) is 0.822. The van der Waals surface area contributed by atoms with Gasteiger partial charge in [-0.1, -0.05) is 49.6 Å². The van der Waals surface area contributed by atoms with Crippen molar-refractivity contribution in [2.24, 2.45) is 0 Å². The maximum absolute atomic E-state index is 12.5. The lowest BCUT2D eigenvalue weighted by atomic mass is 9.86. The van der Waals surface area contributed by atoms with Gasteiger partial charge in [0.2, 0.25) is 0 Å². The van der Waals surface area contributed by atoms with Gasteiger partial charge >= 0.3 is 0 Å². The molecule has 1 unspecified atom stereocenters. The van der Waals surface area contributed by atoms with Crippen LogP contribution in [0.2, 0.25) is 0 Å².